The Morgan fingerprint density at radius 2 is 2.46 bits per heavy atom. The fourth-order valence-corrected chi connectivity index (χ4v) is 0.895. The van der Waals surface area contributed by atoms with E-state index in [1.165, 1.54) is 0 Å². The second-order valence-electron chi connectivity index (χ2n) is 2.45. The van der Waals surface area contributed by atoms with Crippen LogP contribution in [0.25, 0.3) is 0 Å². The van der Waals surface area contributed by atoms with Gasteiger partial charge in [-0.3, -0.25) is 4.79 Å². The molecule has 1 aromatic heterocycles. The molecule has 0 aliphatic rings. The molecule has 1 rings (SSSR count). The van der Waals surface area contributed by atoms with Crippen LogP contribution >= 0.6 is 15.9 Å². The van der Waals surface area contributed by atoms with Crippen molar-refractivity contribution in [2.24, 2.45) is 5.73 Å². The van der Waals surface area contributed by atoms with Gasteiger partial charge in [-0.1, -0.05) is 0 Å². The lowest BCUT2D eigenvalue weighted by Crippen LogP contribution is -2.22. The van der Waals surface area contributed by atoms with Crippen molar-refractivity contribution in [3.05, 3.63) is 16.4 Å². The number of primary amides is 1. The number of aryl methyl sites for hydroxylation is 1. The number of halogens is 1. The summed E-state index contributed by atoms with van der Waals surface area (Å²) in [4.78, 5) is 18.4. The van der Waals surface area contributed by atoms with Crippen molar-refractivity contribution < 1.29 is 4.79 Å². The zero-order chi connectivity index (χ0) is 9.84. The molecule has 0 saturated carbocycles. The van der Waals surface area contributed by atoms with E-state index in [0.29, 0.717) is 5.95 Å². The van der Waals surface area contributed by atoms with Gasteiger partial charge in [0.05, 0.1) is 16.7 Å². The normalized spacial score (nSPS) is 9.69. The fourth-order valence-electron chi connectivity index (χ4n) is 0.704. The highest BCUT2D eigenvalue weighted by Crippen LogP contribution is 2.12. The highest BCUT2D eigenvalue weighted by atomic mass is 79.9. The van der Waals surface area contributed by atoms with Gasteiger partial charge in [0, 0.05) is 6.20 Å². The topological polar surface area (TPSA) is 80.9 Å². The molecule has 0 unspecified atom stereocenters. The maximum Gasteiger partial charge on any atom is 0.236 e. The van der Waals surface area contributed by atoms with Crippen LogP contribution in [-0.4, -0.2) is 22.4 Å². The molecule has 5 nitrogen and oxygen atoms in total. The minimum absolute atomic E-state index is 0.0427. The minimum Gasteiger partial charge on any atom is -0.368 e. The predicted molar refractivity (Wildman–Crippen MR) is 52.2 cm³/mol. The standard InChI is InChI=1S/C7H9BrN4O/c1-4-5(8)2-10-7(12-4)11-3-6(9)13/h2H,3H2,1H3,(H2,9,13)(H,10,11,12). The first-order valence-corrected chi connectivity index (χ1v) is 4.40. The SMILES string of the molecule is Cc1nc(NCC(N)=O)ncc1Br. The second-order valence-corrected chi connectivity index (χ2v) is 3.30. The smallest absolute Gasteiger partial charge is 0.236 e. The van der Waals surface area contributed by atoms with E-state index in [-0.39, 0.29) is 6.54 Å². The van der Waals surface area contributed by atoms with Crippen molar-refractivity contribution in [3.63, 3.8) is 0 Å². The summed E-state index contributed by atoms with van der Waals surface area (Å²) in [6.07, 6.45) is 1.62. The molecule has 0 aliphatic carbocycles. The number of amides is 1. The van der Waals surface area contributed by atoms with Crippen LogP contribution in [0.1, 0.15) is 5.69 Å². The molecule has 0 bridgehead atoms. The number of hydrogen-bond donors (Lipinski definition) is 2. The van der Waals surface area contributed by atoms with Crippen LogP contribution in [0.15, 0.2) is 10.7 Å². The Kier molecular flexibility index (Phi) is 3.18. The molecule has 0 saturated heterocycles. The van der Waals surface area contributed by atoms with Crippen LogP contribution < -0.4 is 11.1 Å². The lowest BCUT2D eigenvalue weighted by molar-refractivity contribution is -0.116. The van der Waals surface area contributed by atoms with Gasteiger partial charge in [0.25, 0.3) is 0 Å². The number of nitrogens with two attached hydrogens (primary N) is 1. The number of nitrogens with zero attached hydrogens (tertiary/aromatic N) is 2. The Morgan fingerprint density at radius 1 is 1.77 bits per heavy atom. The third-order valence-corrected chi connectivity index (χ3v) is 2.12. The number of aromatic nitrogens is 2. The van der Waals surface area contributed by atoms with Crippen LogP contribution in [0, 0.1) is 6.92 Å². The third-order valence-electron chi connectivity index (χ3n) is 1.34. The zero-order valence-electron chi connectivity index (χ0n) is 7.04. The van der Waals surface area contributed by atoms with E-state index >= 15 is 0 Å². The Hall–Kier alpha value is -1.17. The fraction of sp³-hybridized carbons (Fsp3) is 0.286. The minimum atomic E-state index is -0.441. The lowest BCUT2D eigenvalue weighted by Gasteiger charge is -2.02. The number of carbonyl (C=O) groups is 1. The first kappa shape index (κ1) is 9.91. The average molecular weight is 245 g/mol. The van der Waals surface area contributed by atoms with Crippen molar-refractivity contribution in [3.8, 4) is 0 Å². The van der Waals surface area contributed by atoms with E-state index in [9.17, 15) is 4.79 Å². The molecule has 1 aromatic rings. The van der Waals surface area contributed by atoms with Crippen molar-refractivity contribution in [1.82, 2.24) is 9.97 Å². The molecule has 3 N–H and O–H groups in total. The summed E-state index contributed by atoms with van der Waals surface area (Å²) in [5.41, 5.74) is 5.75. The van der Waals surface area contributed by atoms with E-state index in [4.69, 9.17) is 5.73 Å². The molecule has 6 heteroatoms. The summed E-state index contributed by atoms with van der Waals surface area (Å²) >= 11 is 3.26. The molecule has 1 amide bonds. The van der Waals surface area contributed by atoms with Crippen molar-refractivity contribution in [2.75, 3.05) is 11.9 Å². The Balaban J connectivity index is 2.68. The average Bonchev–Trinajstić information content (AvgIpc) is 2.07. The molecular formula is C7H9BrN4O. The summed E-state index contributed by atoms with van der Waals surface area (Å²) in [6.45, 7) is 1.88. The summed E-state index contributed by atoms with van der Waals surface area (Å²) in [7, 11) is 0. The Morgan fingerprint density at radius 3 is 3.00 bits per heavy atom. The molecule has 0 spiro atoms. The highest BCUT2D eigenvalue weighted by Gasteiger charge is 2.00. The molecule has 70 valence electrons. The highest BCUT2D eigenvalue weighted by molar-refractivity contribution is 9.10. The Bertz CT molecular complexity index is 328. The van der Waals surface area contributed by atoms with Gasteiger partial charge in [-0.25, -0.2) is 9.97 Å². The van der Waals surface area contributed by atoms with E-state index < -0.39 is 5.91 Å². The second kappa shape index (κ2) is 4.18. The van der Waals surface area contributed by atoms with Gasteiger partial charge in [-0.15, -0.1) is 0 Å². The number of nitrogens with one attached hydrogen (secondary N) is 1. The molecule has 0 fully saturated rings. The number of anilines is 1. The maximum absolute atomic E-state index is 10.4. The maximum atomic E-state index is 10.4. The first-order valence-electron chi connectivity index (χ1n) is 3.61. The van der Waals surface area contributed by atoms with Gasteiger partial charge in [-0.2, -0.15) is 0 Å². The lowest BCUT2D eigenvalue weighted by atomic mass is 10.4. The number of hydrogen-bond acceptors (Lipinski definition) is 4. The van der Waals surface area contributed by atoms with Crippen LogP contribution in [0.4, 0.5) is 5.95 Å². The molecule has 0 radical (unpaired) electrons. The third kappa shape index (κ3) is 2.98. The van der Waals surface area contributed by atoms with Gasteiger partial charge >= 0.3 is 0 Å². The largest absolute Gasteiger partial charge is 0.368 e. The van der Waals surface area contributed by atoms with E-state index in [2.05, 4.69) is 31.2 Å². The van der Waals surface area contributed by atoms with Gasteiger partial charge in [0.1, 0.15) is 0 Å². The molecule has 1 heterocycles. The van der Waals surface area contributed by atoms with E-state index in [1.807, 2.05) is 6.92 Å². The van der Waals surface area contributed by atoms with E-state index in [1.54, 1.807) is 6.20 Å². The number of carbonyl (C=O) groups excluding carboxylic acids is 1. The van der Waals surface area contributed by atoms with E-state index in [0.717, 1.165) is 10.2 Å². The van der Waals surface area contributed by atoms with Crippen LogP contribution in [0.2, 0.25) is 0 Å². The van der Waals surface area contributed by atoms with Gasteiger partial charge in [0.15, 0.2) is 0 Å². The van der Waals surface area contributed by atoms with Crippen molar-refractivity contribution in [1.29, 1.82) is 0 Å². The molecule has 0 aliphatic heterocycles. The molecule has 13 heavy (non-hydrogen) atoms. The predicted octanol–water partition coefficient (Wildman–Crippen LogP) is 0.445. The zero-order valence-corrected chi connectivity index (χ0v) is 8.63. The summed E-state index contributed by atoms with van der Waals surface area (Å²) in [5, 5.41) is 2.69. The summed E-state index contributed by atoms with van der Waals surface area (Å²) in [6, 6.07) is 0. The van der Waals surface area contributed by atoms with Crippen LogP contribution in [0.3, 0.4) is 0 Å². The quantitative estimate of drug-likeness (QED) is 0.809. The van der Waals surface area contributed by atoms with Crippen molar-refractivity contribution in [2.45, 2.75) is 6.92 Å². The van der Waals surface area contributed by atoms with Crippen LogP contribution in [-0.2, 0) is 4.79 Å². The molecule has 0 aromatic carbocycles. The Labute approximate surface area is 83.9 Å². The molecule has 0 atom stereocenters. The van der Waals surface area contributed by atoms with Gasteiger partial charge in [-0.05, 0) is 22.9 Å². The van der Waals surface area contributed by atoms with Crippen LogP contribution in [0.5, 0.6) is 0 Å². The summed E-state index contributed by atoms with van der Waals surface area (Å²) < 4.78 is 0.831. The first-order chi connectivity index (χ1) is 6.09. The number of rotatable bonds is 3. The monoisotopic (exact) mass is 244 g/mol. The molecular weight excluding hydrogens is 236 g/mol. The van der Waals surface area contributed by atoms with Gasteiger partial charge < -0.3 is 11.1 Å². The van der Waals surface area contributed by atoms with Crippen molar-refractivity contribution >= 4 is 27.8 Å². The summed E-state index contributed by atoms with van der Waals surface area (Å²) in [5.74, 6) is -0.0383. The van der Waals surface area contributed by atoms with Gasteiger partial charge in [0.2, 0.25) is 11.9 Å².